The van der Waals surface area contributed by atoms with Gasteiger partial charge in [0.05, 0.1) is 17.2 Å². The molecule has 1 fully saturated rings. The summed E-state index contributed by atoms with van der Waals surface area (Å²) in [5.41, 5.74) is 3.83. The van der Waals surface area contributed by atoms with Crippen LogP contribution in [0.1, 0.15) is 28.8 Å². The fourth-order valence-electron chi connectivity index (χ4n) is 4.02. The molecule has 3 aromatic rings. The third kappa shape index (κ3) is 5.18. The van der Waals surface area contributed by atoms with Gasteiger partial charge in [0, 0.05) is 44.3 Å². The van der Waals surface area contributed by atoms with Gasteiger partial charge in [0.2, 0.25) is 0 Å². The Morgan fingerprint density at radius 3 is 2.48 bits per heavy atom. The van der Waals surface area contributed by atoms with Crippen LogP contribution in [0, 0.1) is 11.3 Å². The maximum absolute atomic E-state index is 12.8. The zero-order valence-electron chi connectivity index (χ0n) is 18.4. The largest absolute Gasteiger partial charge is 0.338 e. The summed E-state index contributed by atoms with van der Waals surface area (Å²) in [4.78, 5) is 32.9. The molecule has 33 heavy (non-hydrogen) atoms. The summed E-state index contributed by atoms with van der Waals surface area (Å²) in [6, 6.07) is 20.5. The van der Waals surface area contributed by atoms with E-state index in [9.17, 15) is 9.59 Å². The second-order valence-electron chi connectivity index (χ2n) is 8.08. The standard InChI is InChI=1S/C26H25N5O2/c1-30(24-11-14-31(15-12-24)25(32)22-6-3-13-28-18-22)26(33)29-23-9-7-20(8-10-23)21-5-2-4-19(16-21)17-27/h2-10,13,16,18,24H,11-12,14-15H2,1H3,(H,29,33). The lowest BCUT2D eigenvalue weighted by Gasteiger charge is -2.36. The number of rotatable bonds is 4. The van der Waals surface area contributed by atoms with Crippen molar-refractivity contribution in [2.75, 3.05) is 25.5 Å². The number of hydrogen-bond acceptors (Lipinski definition) is 4. The Morgan fingerprint density at radius 1 is 1.06 bits per heavy atom. The number of amides is 3. The smallest absolute Gasteiger partial charge is 0.321 e. The molecule has 0 spiro atoms. The molecule has 1 aliphatic rings. The molecule has 0 bridgehead atoms. The molecule has 1 saturated heterocycles. The predicted molar refractivity (Wildman–Crippen MR) is 127 cm³/mol. The number of benzene rings is 2. The van der Waals surface area contributed by atoms with Crippen molar-refractivity contribution >= 4 is 17.6 Å². The Balaban J connectivity index is 1.32. The van der Waals surface area contributed by atoms with Crippen LogP contribution < -0.4 is 5.32 Å². The number of carbonyl (C=O) groups excluding carboxylic acids is 2. The summed E-state index contributed by atoms with van der Waals surface area (Å²) in [5.74, 6) is -0.0194. The van der Waals surface area contributed by atoms with Crippen molar-refractivity contribution in [3.05, 3.63) is 84.2 Å². The number of hydrogen-bond donors (Lipinski definition) is 1. The molecule has 0 radical (unpaired) electrons. The summed E-state index contributed by atoms with van der Waals surface area (Å²) in [7, 11) is 1.79. The van der Waals surface area contributed by atoms with E-state index < -0.39 is 0 Å². The van der Waals surface area contributed by atoms with Gasteiger partial charge in [0.15, 0.2) is 0 Å². The number of pyridine rings is 1. The van der Waals surface area contributed by atoms with Crippen LogP contribution in [0.2, 0.25) is 0 Å². The van der Waals surface area contributed by atoms with Crippen molar-refractivity contribution in [3.63, 3.8) is 0 Å². The molecule has 2 aromatic carbocycles. The molecule has 7 heteroatoms. The topological polar surface area (TPSA) is 89.3 Å². The highest BCUT2D eigenvalue weighted by Gasteiger charge is 2.28. The highest BCUT2D eigenvalue weighted by Crippen LogP contribution is 2.23. The molecular weight excluding hydrogens is 414 g/mol. The van der Waals surface area contributed by atoms with Crippen molar-refractivity contribution in [1.29, 1.82) is 5.26 Å². The SMILES string of the molecule is CN(C(=O)Nc1ccc(-c2cccc(C#N)c2)cc1)C1CCN(C(=O)c2cccnc2)CC1. The number of aromatic nitrogens is 1. The molecule has 1 aromatic heterocycles. The molecule has 0 aliphatic carbocycles. The van der Waals surface area contributed by atoms with E-state index in [0.29, 0.717) is 29.9 Å². The Kier molecular flexibility index (Phi) is 6.65. The van der Waals surface area contributed by atoms with E-state index in [-0.39, 0.29) is 18.0 Å². The van der Waals surface area contributed by atoms with Crippen LogP contribution in [-0.2, 0) is 0 Å². The lowest BCUT2D eigenvalue weighted by atomic mass is 10.0. The third-order valence-corrected chi connectivity index (χ3v) is 5.99. The highest BCUT2D eigenvalue weighted by molar-refractivity contribution is 5.94. The molecule has 2 heterocycles. The fourth-order valence-corrected chi connectivity index (χ4v) is 4.02. The zero-order chi connectivity index (χ0) is 23.2. The molecular formula is C26H25N5O2. The summed E-state index contributed by atoms with van der Waals surface area (Å²) in [5, 5.41) is 12.0. The normalized spacial score (nSPS) is 13.8. The zero-order valence-corrected chi connectivity index (χ0v) is 18.4. The molecule has 1 aliphatic heterocycles. The van der Waals surface area contributed by atoms with Crippen LogP contribution >= 0.6 is 0 Å². The molecule has 0 atom stereocenters. The van der Waals surface area contributed by atoms with Gasteiger partial charge in [-0.25, -0.2) is 4.79 Å². The van der Waals surface area contributed by atoms with Crippen LogP contribution in [0.4, 0.5) is 10.5 Å². The first kappa shape index (κ1) is 22.0. The monoisotopic (exact) mass is 439 g/mol. The van der Waals surface area contributed by atoms with Crippen molar-refractivity contribution in [3.8, 4) is 17.2 Å². The maximum Gasteiger partial charge on any atom is 0.321 e. The van der Waals surface area contributed by atoms with Crippen LogP contribution in [0.3, 0.4) is 0 Å². The summed E-state index contributed by atoms with van der Waals surface area (Å²) in [6.07, 6.45) is 4.68. The van der Waals surface area contributed by atoms with Gasteiger partial charge in [-0.05, 0) is 60.4 Å². The average Bonchev–Trinajstić information content (AvgIpc) is 2.89. The molecule has 4 rings (SSSR count). The van der Waals surface area contributed by atoms with Gasteiger partial charge >= 0.3 is 6.03 Å². The molecule has 0 saturated carbocycles. The van der Waals surface area contributed by atoms with E-state index in [1.807, 2.05) is 47.4 Å². The summed E-state index contributed by atoms with van der Waals surface area (Å²) in [6.45, 7) is 1.21. The van der Waals surface area contributed by atoms with E-state index >= 15 is 0 Å². The van der Waals surface area contributed by atoms with E-state index in [4.69, 9.17) is 5.26 Å². The summed E-state index contributed by atoms with van der Waals surface area (Å²) >= 11 is 0. The first-order valence-corrected chi connectivity index (χ1v) is 10.9. The maximum atomic E-state index is 12.8. The van der Waals surface area contributed by atoms with Gasteiger partial charge in [-0.1, -0.05) is 24.3 Å². The number of anilines is 1. The first-order valence-electron chi connectivity index (χ1n) is 10.9. The van der Waals surface area contributed by atoms with E-state index in [2.05, 4.69) is 16.4 Å². The van der Waals surface area contributed by atoms with Crippen molar-refractivity contribution < 1.29 is 9.59 Å². The lowest BCUT2D eigenvalue weighted by Crippen LogP contribution is -2.48. The Morgan fingerprint density at radius 2 is 1.82 bits per heavy atom. The van der Waals surface area contributed by atoms with Gasteiger partial charge in [-0.15, -0.1) is 0 Å². The number of piperidine rings is 1. The quantitative estimate of drug-likeness (QED) is 0.653. The molecule has 166 valence electrons. The van der Waals surface area contributed by atoms with Crippen LogP contribution in [0.25, 0.3) is 11.1 Å². The predicted octanol–water partition coefficient (Wildman–Crippen LogP) is 4.39. The Labute approximate surface area is 193 Å². The lowest BCUT2D eigenvalue weighted by molar-refractivity contribution is 0.0671. The molecule has 1 N–H and O–H groups in total. The highest BCUT2D eigenvalue weighted by atomic mass is 16.2. The second-order valence-corrected chi connectivity index (χ2v) is 8.08. The van der Waals surface area contributed by atoms with Crippen molar-refractivity contribution in [1.82, 2.24) is 14.8 Å². The number of nitriles is 1. The molecule has 7 nitrogen and oxygen atoms in total. The number of urea groups is 1. The van der Waals surface area contributed by atoms with E-state index in [0.717, 1.165) is 24.0 Å². The second kappa shape index (κ2) is 9.96. The van der Waals surface area contributed by atoms with Gasteiger partial charge in [-0.3, -0.25) is 9.78 Å². The minimum absolute atomic E-state index is 0.0194. The number of carbonyl (C=O) groups is 2. The summed E-state index contributed by atoms with van der Waals surface area (Å²) < 4.78 is 0. The van der Waals surface area contributed by atoms with Crippen LogP contribution in [0.15, 0.2) is 73.1 Å². The van der Waals surface area contributed by atoms with Crippen molar-refractivity contribution in [2.24, 2.45) is 0 Å². The van der Waals surface area contributed by atoms with Crippen LogP contribution in [-0.4, -0.2) is 52.9 Å². The average molecular weight is 440 g/mol. The Bertz CT molecular complexity index is 1160. The minimum Gasteiger partial charge on any atom is -0.338 e. The van der Waals surface area contributed by atoms with Gasteiger partial charge in [-0.2, -0.15) is 5.26 Å². The molecule has 3 amide bonds. The minimum atomic E-state index is -0.175. The van der Waals surface area contributed by atoms with Gasteiger partial charge in [0.25, 0.3) is 5.91 Å². The van der Waals surface area contributed by atoms with Crippen molar-refractivity contribution in [2.45, 2.75) is 18.9 Å². The first-order chi connectivity index (χ1) is 16.0. The van der Waals surface area contributed by atoms with E-state index in [1.165, 1.54) is 0 Å². The fraction of sp³-hybridized carbons (Fsp3) is 0.231. The third-order valence-electron chi connectivity index (χ3n) is 5.99. The Hall–Kier alpha value is -4.18. The number of nitrogens with zero attached hydrogens (tertiary/aromatic N) is 4. The van der Waals surface area contributed by atoms with Crippen LogP contribution in [0.5, 0.6) is 0 Å². The van der Waals surface area contributed by atoms with E-state index in [1.54, 1.807) is 42.5 Å². The van der Waals surface area contributed by atoms with Gasteiger partial charge < -0.3 is 15.1 Å². The van der Waals surface area contributed by atoms with Gasteiger partial charge in [0.1, 0.15) is 0 Å². The molecule has 0 unspecified atom stereocenters. The number of likely N-dealkylation sites (tertiary alicyclic amines) is 1. The number of nitrogens with one attached hydrogen (secondary N) is 1.